The molecule has 6 heteroatoms. The zero-order valence-electron chi connectivity index (χ0n) is 13.1. The lowest BCUT2D eigenvalue weighted by Gasteiger charge is -2.23. The molecule has 21 heavy (non-hydrogen) atoms. The third kappa shape index (κ3) is 3.22. The monoisotopic (exact) mass is 312 g/mol. The number of ether oxygens (including phenoxy) is 1. The fourth-order valence-corrected chi connectivity index (χ4v) is 4.13. The molecule has 1 heterocycles. The number of benzene rings is 1. The van der Waals surface area contributed by atoms with Gasteiger partial charge in [0.15, 0.2) is 9.84 Å². The van der Waals surface area contributed by atoms with Crippen molar-refractivity contribution in [1.82, 2.24) is 4.90 Å². The molecule has 0 aliphatic carbocycles. The van der Waals surface area contributed by atoms with Crippen LogP contribution in [0.2, 0.25) is 0 Å². The van der Waals surface area contributed by atoms with E-state index in [0.29, 0.717) is 17.4 Å². The van der Waals surface area contributed by atoms with E-state index in [1.807, 2.05) is 20.0 Å². The SMILES string of the molecule is COc1cc(C2CC(CN)CN2C)c(S(C)(=O)=O)cc1C. The molecule has 2 atom stereocenters. The van der Waals surface area contributed by atoms with Gasteiger partial charge in [0.1, 0.15) is 5.75 Å². The fourth-order valence-electron chi connectivity index (χ4n) is 3.12. The highest BCUT2D eigenvalue weighted by molar-refractivity contribution is 7.90. The molecule has 1 aromatic carbocycles. The summed E-state index contributed by atoms with van der Waals surface area (Å²) >= 11 is 0. The number of sulfone groups is 1. The molecule has 0 spiro atoms. The van der Waals surface area contributed by atoms with Gasteiger partial charge in [-0.05, 0) is 56.1 Å². The molecule has 1 aliphatic rings. The molecular weight excluding hydrogens is 288 g/mol. The molecule has 118 valence electrons. The minimum absolute atomic E-state index is 0.0674. The molecule has 0 bridgehead atoms. The molecule has 2 N–H and O–H groups in total. The van der Waals surface area contributed by atoms with Crippen LogP contribution in [-0.2, 0) is 9.84 Å². The molecule has 0 amide bonds. The van der Waals surface area contributed by atoms with Crippen molar-refractivity contribution in [3.05, 3.63) is 23.3 Å². The van der Waals surface area contributed by atoms with Crippen LogP contribution in [0.5, 0.6) is 5.75 Å². The molecule has 1 fully saturated rings. The van der Waals surface area contributed by atoms with Gasteiger partial charge in [0, 0.05) is 18.8 Å². The number of rotatable bonds is 4. The van der Waals surface area contributed by atoms with Crippen molar-refractivity contribution in [2.45, 2.75) is 24.3 Å². The maximum atomic E-state index is 12.1. The first-order valence-electron chi connectivity index (χ1n) is 7.06. The zero-order valence-corrected chi connectivity index (χ0v) is 13.9. The van der Waals surface area contributed by atoms with E-state index >= 15 is 0 Å². The normalized spacial score (nSPS) is 23.5. The lowest BCUT2D eigenvalue weighted by Crippen LogP contribution is -2.21. The number of nitrogens with two attached hydrogens (primary N) is 1. The van der Waals surface area contributed by atoms with Gasteiger partial charge >= 0.3 is 0 Å². The minimum Gasteiger partial charge on any atom is -0.496 e. The Morgan fingerprint density at radius 2 is 2.10 bits per heavy atom. The molecule has 0 aromatic heterocycles. The first-order valence-corrected chi connectivity index (χ1v) is 8.96. The summed E-state index contributed by atoms with van der Waals surface area (Å²) in [7, 11) is 0.338. The summed E-state index contributed by atoms with van der Waals surface area (Å²) in [6.45, 7) is 3.37. The predicted molar refractivity (Wildman–Crippen MR) is 83.4 cm³/mol. The van der Waals surface area contributed by atoms with Crippen LogP contribution in [0.4, 0.5) is 0 Å². The molecule has 2 unspecified atom stereocenters. The largest absolute Gasteiger partial charge is 0.496 e. The second-order valence-electron chi connectivity index (χ2n) is 5.92. The number of hydrogen-bond acceptors (Lipinski definition) is 5. The summed E-state index contributed by atoms with van der Waals surface area (Å²) in [6.07, 6.45) is 2.13. The summed E-state index contributed by atoms with van der Waals surface area (Å²) in [5.41, 5.74) is 7.42. The van der Waals surface area contributed by atoms with Gasteiger partial charge in [-0.25, -0.2) is 8.42 Å². The lowest BCUT2D eigenvalue weighted by molar-refractivity contribution is 0.309. The molecule has 1 aliphatic heterocycles. The number of nitrogens with zero attached hydrogens (tertiary/aromatic N) is 1. The average Bonchev–Trinajstić information content (AvgIpc) is 2.78. The van der Waals surface area contributed by atoms with Crippen molar-refractivity contribution in [1.29, 1.82) is 0 Å². The third-order valence-electron chi connectivity index (χ3n) is 4.25. The maximum Gasteiger partial charge on any atom is 0.175 e. The zero-order chi connectivity index (χ0) is 15.8. The summed E-state index contributed by atoms with van der Waals surface area (Å²) in [4.78, 5) is 2.58. The van der Waals surface area contributed by atoms with E-state index in [-0.39, 0.29) is 6.04 Å². The van der Waals surface area contributed by atoms with E-state index in [1.165, 1.54) is 6.26 Å². The van der Waals surface area contributed by atoms with Crippen LogP contribution in [0.3, 0.4) is 0 Å². The van der Waals surface area contributed by atoms with Gasteiger partial charge in [0.2, 0.25) is 0 Å². The van der Waals surface area contributed by atoms with Crippen molar-refractivity contribution < 1.29 is 13.2 Å². The van der Waals surface area contributed by atoms with Crippen molar-refractivity contribution in [2.75, 3.05) is 33.5 Å². The van der Waals surface area contributed by atoms with Gasteiger partial charge in [0.05, 0.1) is 12.0 Å². The smallest absolute Gasteiger partial charge is 0.175 e. The summed E-state index contributed by atoms with van der Waals surface area (Å²) < 4.78 is 29.6. The Bertz CT molecular complexity index is 628. The number of methoxy groups -OCH3 is 1. The van der Waals surface area contributed by atoms with Gasteiger partial charge in [0.25, 0.3) is 0 Å². The number of hydrogen-bond donors (Lipinski definition) is 1. The van der Waals surface area contributed by atoms with E-state index < -0.39 is 9.84 Å². The predicted octanol–water partition coefficient (Wildman–Crippen LogP) is 1.36. The fraction of sp³-hybridized carbons (Fsp3) is 0.600. The highest BCUT2D eigenvalue weighted by Crippen LogP contribution is 2.39. The van der Waals surface area contributed by atoms with E-state index in [0.717, 1.165) is 29.8 Å². The highest BCUT2D eigenvalue weighted by Gasteiger charge is 2.33. The molecule has 5 nitrogen and oxygen atoms in total. The minimum atomic E-state index is -3.28. The van der Waals surface area contributed by atoms with Crippen molar-refractivity contribution in [2.24, 2.45) is 11.7 Å². The maximum absolute atomic E-state index is 12.1. The van der Waals surface area contributed by atoms with Crippen LogP contribution in [0.1, 0.15) is 23.6 Å². The topological polar surface area (TPSA) is 72.6 Å². The molecule has 0 saturated carbocycles. The Morgan fingerprint density at radius 1 is 1.43 bits per heavy atom. The summed E-state index contributed by atoms with van der Waals surface area (Å²) in [5.74, 6) is 1.13. The molecule has 2 rings (SSSR count). The van der Waals surface area contributed by atoms with E-state index in [9.17, 15) is 8.42 Å². The van der Waals surface area contributed by atoms with Gasteiger partial charge in [-0.2, -0.15) is 0 Å². The first kappa shape index (κ1) is 16.3. The lowest BCUT2D eigenvalue weighted by atomic mass is 9.98. The Morgan fingerprint density at radius 3 is 2.57 bits per heavy atom. The third-order valence-corrected chi connectivity index (χ3v) is 5.41. The highest BCUT2D eigenvalue weighted by atomic mass is 32.2. The van der Waals surface area contributed by atoms with Crippen LogP contribution >= 0.6 is 0 Å². The Kier molecular flexibility index (Phi) is 4.60. The Labute approximate surface area is 127 Å². The van der Waals surface area contributed by atoms with Gasteiger partial charge in [-0.1, -0.05) is 0 Å². The molecule has 0 radical (unpaired) electrons. The van der Waals surface area contributed by atoms with Crippen LogP contribution in [0.15, 0.2) is 17.0 Å². The second kappa shape index (κ2) is 5.94. The molecular formula is C15H24N2O3S. The van der Waals surface area contributed by atoms with Crippen molar-refractivity contribution in [3.8, 4) is 5.75 Å². The Hall–Kier alpha value is -1.11. The average molecular weight is 312 g/mol. The van der Waals surface area contributed by atoms with Gasteiger partial charge in [-0.15, -0.1) is 0 Å². The van der Waals surface area contributed by atoms with Gasteiger partial charge < -0.3 is 10.5 Å². The van der Waals surface area contributed by atoms with Crippen LogP contribution in [-0.4, -0.2) is 46.8 Å². The Balaban J connectivity index is 2.56. The second-order valence-corrected chi connectivity index (χ2v) is 7.91. The summed E-state index contributed by atoms with van der Waals surface area (Å²) in [5, 5.41) is 0. The van der Waals surface area contributed by atoms with Crippen molar-refractivity contribution >= 4 is 9.84 Å². The van der Waals surface area contributed by atoms with E-state index in [4.69, 9.17) is 10.5 Å². The summed E-state index contributed by atoms with van der Waals surface area (Å²) in [6, 6.07) is 3.65. The van der Waals surface area contributed by atoms with Crippen LogP contribution < -0.4 is 10.5 Å². The van der Waals surface area contributed by atoms with E-state index in [1.54, 1.807) is 13.2 Å². The van der Waals surface area contributed by atoms with Crippen LogP contribution in [0, 0.1) is 12.8 Å². The molecule has 1 aromatic rings. The quantitative estimate of drug-likeness (QED) is 0.909. The van der Waals surface area contributed by atoms with Crippen LogP contribution in [0.25, 0.3) is 0 Å². The molecule has 1 saturated heterocycles. The van der Waals surface area contributed by atoms with Gasteiger partial charge in [-0.3, -0.25) is 4.90 Å². The van der Waals surface area contributed by atoms with E-state index in [2.05, 4.69) is 4.90 Å². The number of aryl methyl sites for hydroxylation is 1. The standard InChI is InChI=1S/C15H24N2O3S/c1-10-5-15(21(4,18)19)12(7-14(10)20-3)13-6-11(8-16)9-17(13)2/h5,7,11,13H,6,8-9,16H2,1-4H3. The number of likely N-dealkylation sites (tertiary alicyclic amines) is 1. The first-order chi connectivity index (χ1) is 9.77. The van der Waals surface area contributed by atoms with Crippen molar-refractivity contribution in [3.63, 3.8) is 0 Å².